The summed E-state index contributed by atoms with van der Waals surface area (Å²) in [5.41, 5.74) is 2.44. The number of guanidine groups is 1. The third kappa shape index (κ3) is 5.42. The fourth-order valence-corrected chi connectivity index (χ4v) is 4.26. The third-order valence-electron chi connectivity index (χ3n) is 4.58. The zero-order valence-corrected chi connectivity index (χ0v) is 19.2. The molecule has 0 radical (unpaired) electrons. The second-order valence-electron chi connectivity index (χ2n) is 6.74. The van der Waals surface area contributed by atoms with Crippen LogP contribution in [0.15, 0.2) is 17.4 Å². The van der Waals surface area contributed by atoms with Crippen LogP contribution in [-0.4, -0.2) is 45.3 Å². The van der Waals surface area contributed by atoms with E-state index in [0.717, 1.165) is 42.7 Å². The third-order valence-corrected chi connectivity index (χ3v) is 5.63. The predicted octanol–water partition coefficient (Wildman–Crippen LogP) is 3.14. The van der Waals surface area contributed by atoms with Crippen molar-refractivity contribution in [1.29, 1.82) is 0 Å². The van der Waals surface area contributed by atoms with Crippen molar-refractivity contribution < 1.29 is 0 Å². The lowest BCUT2D eigenvalue weighted by Gasteiger charge is -2.21. The first kappa shape index (κ1) is 21.1. The van der Waals surface area contributed by atoms with Crippen LogP contribution in [0.2, 0.25) is 0 Å². The van der Waals surface area contributed by atoms with Crippen LogP contribution in [0.5, 0.6) is 0 Å². The molecule has 1 N–H and O–H groups in total. The van der Waals surface area contributed by atoms with Gasteiger partial charge < -0.3 is 10.2 Å². The lowest BCUT2D eigenvalue weighted by Crippen LogP contribution is -2.40. The fraction of sp³-hybridized carbons (Fsp3) is 0.611. The first-order chi connectivity index (χ1) is 12.0. The van der Waals surface area contributed by atoms with Gasteiger partial charge in [0, 0.05) is 37.8 Å². The van der Waals surface area contributed by atoms with Gasteiger partial charge in [0.05, 0.1) is 23.4 Å². The Morgan fingerprint density at radius 1 is 1.42 bits per heavy atom. The monoisotopic (exact) mass is 488 g/mol. The normalized spacial score (nSPS) is 17.5. The summed E-state index contributed by atoms with van der Waals surface area (Å²) in [6.07, 6.45) is 6.41. The molecule has 2 aromatic heterocycles. The van der Waals surface area contributed by atoms with Crippen LogP contribution in [0.4, 0.5) is 0 Å². The summed E-state index contributed by atoms with van der Waals surface area (Å²) in [4.78, 5) is 13.0. The molecule has 3 rings (SSSR count). The van der Waals surface area contributed by atoms with Gasteiger partial charge >= 0.3 is 0 Å². The standard InChI is InChI=1S/C18H28N6S.HI/c1-5-19-18(20-10-17-13(2)22-14(3)25-17)24-7-6-15(12-24)8-16-9-21-23(4)11-16;/h9,11,15H,5-8,10,12H2,1-4H3,(H,19,20);1H. The van der Waals surface area contributed by atoms with Crippen LogP contribution in [0.25, 0.3) is 0 Å². The number of rotatable bonds is 5. The molecule has 1 saturated heterocycles. The topological polar surface area (TPSA) is 58.3 Å². The van der Waals surface area contributed by atoms with Crippen molar-refractivity contribution in [3.63, 3.8) is 0 Å². The van der Waals surface area contributed by atoms with Crippen molar-refractivity contribution >= 4 is 41.3 Å². The maximum Gasteiger partial charge on any atom is 0.194 e. The maximum atomic E-state index is 4.87. The van der Waals surface area contributed by atoms with E-state index in [9.17, 15) is 0 Å². The van der Waals surface area contributed by atoms with Gasteiger partial charge in [-0.2, -0.15) is 5.10 Å². The van der Waals surface area contributed by atoms with Gasteiger partial charge in [0.15, 0.2) is 5.96 Å². The van der Waals surface area contributed by atoms with Crippen molar-refractivity contribution in [1.82, 2.24) is 25.0 Å². The van der Waals surface area contributed by atoms with Crippen molar-refractivity contribution in [2.24, 2.45) is 18.0 Å². The van der Waals surface area contributed by atoms with Crippen LogP contribution in [-0.2, 0) is 20.0 Å². The van der Waals surface area contributed by atoms with Crippen molar-refractivity contribution in [3.8, 4) is 0 Å². The average molecular weight is 488 g/mol. The number of hydrogen-bond acceptors (Lipinski definition) is 4. The quantitative estimate of drug-likeness (QED) is 0.399. The highest BCUT2D eigenvalue weighted by molar-refractivity contribution is 14.0. The Kier molecular flexibility index (Phi) is 7.87. The minimum absolute atomic E-state index is 0. The summed E-state index contributed by atoms with van der Waals surface area (Å²) in [6, 6.07) is 0. The SMILES string of the molecule is CCNC(=NCc1sc(C)nc1C)N1CCC(Cc2cnn(C)c2)C1.I. The molecular weight excluding hydrogens is 459 g/mol. The molecule has 26 heavy (non-hydrogen) atoms. The number of halogens is 1. The molecule has 1 aliphatic heterocycles. The first-order valence-electron chi connectivity index (χ1n) is 8.98. The molecule has 1 aliphatic rings. The highest BCUT2D eigenvalue weighted by atomic mass is 127. The summed E-state index contributed by atoms with van der Waals surface area (Å²) in [7, 11) is 1.98. The molecular formula is C18H29IN6S. The van der Waals surface area contributed by atoms with Crippen molar-refractivity contribution in [2.45, 2.75) is 40.2 Å². The Labute approximate surface area is 177 Å². The van der Waals surface area contributed by atoms with E-state index in [4.69, 9.17) is 4.99 Å². The predicted molar refractivity (Wildman–Crippen MR) is 118 cm³/mol. The molecule has 6 nitrogen and oxygen atoms in total. The molecule has 144 valence electrons. The number of nitrogens with zero attached hydrogens (tertiary/aromatic N) is 5. The Balaban J connectivity index is 0.00000243. The molecule has 1 unspecified atom stereocenters. The second kappa shape index (κ2) is 9.68. The summed E-state index contributed by atoms with van der Waals surface area (Å²) >= 11 is 1.75. The highest BCUT2D eigenvalue weighted by Crippen LogP contribution is 2.22. The molecule has 0 saturated carbocycles. The minimum Gasteiger partial charge on any atom is -0.357 e. The summed E-state index contributed by atoms with van der Waals surface area (Å²) in [6.45, 7) is 9.98. The highest BCUT2D eigenvalue weighted by Gasteiger charge is 2.25. The van der Waals surface area contributed by atoms with Gasteiger partial charge in [-0.15, -0.1) is 35.3 Å². The lowest BCUT2D eigenvalue weighted by atomic mass is 10.0. The van der Waals surface area contributed by atoms with E-state index in [0.29, 0.717) is 12.5 Å². The molecule has 2 aromatic rings. The molecule has 0 amide bonds. The van der Waals surface area contributed by atoms with Gasteiger partial charge in [0.25, 0.3) is 0 Å². The molecule has 0 aliphatic carbocycles. The van der Waals surface area contributed by atoms with Crippen LogP contribution in [0.1, 0.15) is 34.5 Å². The Bertz CT molecular complexity index is 738. The van der Waals surface area contributed by atoms with Crippen molar-refractivity contribution in [2.75, 3.05) is 19.6 Å². The van der Waals surface area contributed by atoms with Gasteiger partial charge in [-0.3, -0.25) is 4.68 Å². The second-order valence-corrected chi connectivity index (χ2v) is 8.03. The van der Waals surface area contributed by atoms with E-state index in [2.05, 4.69) is 47.3 Å². The van der Waals surface area contributed by atoms with Crippen LogP contribution in [0, 0.1) is 19.8 Å². The molecule has 8 heteroatoms. The van der Waals surface area contributed by atoms with Gasteiger partial charge in [0.2, 0.25) is 0 Å². The summed E-state index contributed by atoms with van der Waals surface area (Å²) < 4.78 is 1.88. The van der Waals surface area contributed by atoms with E-state index >= 15 is 0 Å². The van der Waals surface area contributed by atoms with Gasteiger partial charge in [-0.1, -0.05) is 0 Å². The zero-order chi connectivity index (χ0) is 17.8. The summed E-state index contributed by atoms with van der Waals surface area (Å²) in [5, 5.41) is 8.85. The number of thiazole rings is 1. The maximum absolute atomic E-state index is 4.87. The number of aliphatic imine (C=N–C) groups is 1. The summed E-state index contributed by atoms with van der Waals surface area (Å²) in [5.74, 6) is 1.70. The Morgan fingerprint density at radius 2 is 2.23 bits per heavy atom. The van der Waals surface area contributed by atoms with E-state index < -0.39 is 0 Å². The molecule has 0 bridgehead atoms. The van der Waals surface area contributed by atoms with Crippen LogP contribution in [0.3, 0.4) is 0 Å². The van der Waals surface area contributed by atoms with Crippen LogP contribution >= 0.6 is 35.3 Å². The molecule has 0 aromatic carbocycles. The minimum atomic E-state index is 0. The Morgan fingerprint density at radius 3 is 2.85 bits per heavy atom. The van der Waals surface area contributed by atoms with Gasteiger partial charge in [-0.05, 0) is 45.1 Å². The number of likely N-dealkylation sites (tertiary alicyclic amines) is 1. The van der Waals surface area contributed by atoms with Gasteiger partial charge in [-0.25, -0.2) is 9.98 Å². The lowest BCUT2D eigenvalue weighted by molar-refractivity contribution is 0.460. The van der Waals surface area contributed by atoms with Crippen molar-refractivity contribution in [3.05, 3.63) is 33.5 Å². The van der Waals surface area contributed by atoms with E-state index in [-0.39, 0.29) is 24.0 Å². The van der Waals surface area contributed by atoms with Gasteiger partial charge in [0.1, 0.15) is 0 Å². The number of aryl methyl sites for hydroxylation is 3. The zero-order valence-electron chi connectivity index (χ0n) is 16.0. The van der Waals surface area contributed by atoms with Crippen LogP contribution < -0.4 is 5.32 Å². The van der Waals surface area contributed by atoms with E-state index in [1.165, 1.54) is 16.9 Å². The fourth-order valence-electron chi connectivity index (χ4n) is 3.39. The number of nitrogens with one attached hydrogen (secondary N) is 1. The smallest absolute Gasteiger partial charge is 0.194 e. The average Bonchev–Trinajstić information content (AvgIpc) is 3.26. The van der Waals surface area contributed by atoms with E-state index in [1.807, 2.05) is 17.9 Å². The molecule has 3 heterocycles. The molecule has 1 fully saturated rings. The first-order valence-corrected chi connectivity index (χ1v) is 9.80. The Hall–Kier alpha value is -1.16. The number of hydrogen-bond donors (Lipinski definition) is 1. The molecule has 1 atom stereocenters. The largest absolute Gasteiger partial charge is 0.357 e. The molecule has 0 spiro atoms. The number of aromatic nitrogens is 3. The van der Waals surface area contributed by atoms with E-state index in [1.54, 1.807) is 11.3 Å².